The van der Waals surface area contributed by atoms with Gasteiger partial charge < -0.3 is 9.47 Å². The highest BCUT2D eigenvalue weighted by Gasteiger charge is 2.05. The summed E-state index contributed by atoms with van der Waals surface area (Å²) in [6.45, 7) is 8.96. The van der Waals surface area contributed by atoms with Crippen molar-refractivity contribution in [2.75, 3.05) is 19.8 Å². The molecule has 0 spiro atoms. The van der Waals surface area contributed by atoms with Crippen LogP contribution in [0.4, 0.5) is 0 Å². The number of pyridine rings is 1. The van der Waals surface area contributed by atoms with Gasteiger partial charge in [-0.2, -0.15) is 0 Å². The van der Waals surface area contributed by atoms with Crippen molar-refractivity contribution in [3.05, 3.63) is 42.7 Å². The third-order valence-electron chi connectivity index (χ3n) is 7.71. The molecule has 1 heterocycles. The summed E-state index contributed by atoms with van der Waals surface area (Å²) in [5.74, 6) is -0.105. The quantitative estimate of drug-likeness (QED) is 0.0408. The van der Waals surface area contributed by atoms with Crippen molar-refractivity contribution in [3.63, 3.8) is 0 Å². The van der Waals surface area contributed by atoms with Crippen LogP contribution in [0.2, 0.25) is 0 Å². The molecule has 1 rings (SSSR count). The van der Waals surface area contributed by atoms with E-state index in [1.54, 1.807) is 0 Å². The molecule has 4 nitrogen and oxygen atoms in total. The number of hydrogen-bond acceptors (Lipinski definition) is 3. The van der Waals surface area contributed by atoms with E-state index < -0.39 is 0 Å². The van der Waals surface area contributed by atoms with Gasteiger partial charge >= 0.3 is 5.97 Å². The molecule has 0 N–H and O–H groups in total. The molecule has 0 unspecified atom stereocenters. The molecule has 0 amide bonds. The third kappa shape index (κ3) is 25.3. The molecule has 1 aromatic rings. The molecular weight excluding hydrogens is 494 g/mol. The number of esters is 1. The predicted molar refractivity (Wildman–Crippen MR) is 169 cm³/mol. The number of aryl methyl sites for hydroxylation is 1. The summed E-state index contributed by atoms with van der Waals surface area (Å²) in [4.78, 5) is 12.0. The van der Waals surface area contributed by atoms with Gasteiger partial charge in [0.05, 0.1) is 6.61 Å². The molecule has 0 saturated heterocycles. The SMILES string of the molecule is C=C(COCCCCCCCCCCCCCCCC)COC(=O)CCCCCCCCCC[n+]1ccccc1. The summed E-state index contributed by atoms with van der Waals surface area (Å²) < 4.78 is 13.3. The zero-order valence-corrected chi connectivity index (χ0v) is 26.4. The minimum atomic E-state index is -0.105. The molecule has 0 aromatic carbocycles. The van der Waals surface area contributed by atoms with Gasteiger partial charge in [0.25, 0.3) is 0 Å². The van der Waals surface area contributed by atoms with E-state index in [1.807, 2.05) is 0 Å². The van der Waals surface area contributed by atoms with Crippen molar-refractivity contribution in [1.82, 2.24) is 0 Å². The van der Waals surface area contributed by atoms with Crippen LogP contribution in [0.25, 0.3) is 0 Å². The van der Waals surface area contributed by atoms with Crippen molar-refractivity contribution < 1.29 is 18.8 Å². The van der Waals surface area contributed by atoms with Crippen LogP contribution in [-0.4, -0.2) is 25.8 Å². The van der Waals surface area contributed by atoms with Gasteiger partial charge in [-0.1, -0.05) is 135 Å². The first-order valence-electron chi connectivity index (χ1n) is 17.1. The standard InChI is InChI=1S/C36H64NO3/c1-3-4-5-6-7-8-9-10-11-12-15-18-21-27-32-39-33-35(2)34-40-36(38)28-23-19-16-13-14-17-20-24-29-37-30-25-22-26-31-37/h22,25-26,30-31H,2-21,23-24,27-29,32-34H2,1H3/q+1. The Balaban J connectivity index is 1.76. The Morgan fingerprint density at radius 3 is 1.62 bits per heavy atom. The van der Waals surface area contributed by atoms with Crippen molar-refractivity contribution in [2.24, 2.45) is 0 Å². The van der Waals surface area contributed by atoms with Crippen LogP contribution >= 0.6 is 0 Å². The number of hydrogen-bond donors (Lipinski definition) is 0. The fraction of sp³-hybridized carbons (Fsp3) is 0.778. The van der Waals surface area contributed by atoms with Crippen LogP contribution in [0.15, 0.2) is 42.7 Å². The van der Waals surface area contributed by atoms with E-state index in [4.69, 9.17) is 9.47 Å². The molecule has 0 aliphatic carbocycles. The third-order valence-corrected chi connectivity index (χ3v) is 7.71. The molecule has 0 saturated carbocycles. The van der Waals surface area contributed by atoms with Crippen molar-refractivity contribution in [2.45, 2.75) is 161 Å². The zero-order chi connectivity index (χ0) is 28.8. The number of carbonyl (C=O) groups is 1. The van der Waals surface area contributed by atoms with E-state index >= 15 is 0 Å². The van der Waals surface area contributed by atoms with Gasteiger partial charge in [-0.05, 0) is 24.8 Å². The Hall–Kier alpha value is -1.68. The first kappa shape index (κ1) is 36.3. The van der Waals surface area contributed by atoms with Crippen molar-refractivity contribution in [1.29, 1.82) is 0 Å². The van der Waals surface area contributed by atoms with Crippen LogP contribution < -0.4 is 4.57 Å². The monoisotopic (exact) mass is 558 g/mol. The van der Waals surface area contributed by atoms with Crippen molar-refractivity contribution in [3.8, 4) is 0 Å². The van der Waals surface area contributed by atoms with Gasteiger partial charge in [0.2, 0.25) is 0 Å². The Bertz CT molecular complexity index is 691. The summed E-state index contributed by atoms with van der Waals surface area (Å²) in [5.41, 5.74) is 0.851. The minimum Gasteiger partial charge on any atom is -0.461 e. The fourth-order valence-corrected chi connectivity index (χ4v) is 5.12. The normalized spacial score (nSPS) is 11.1. The molecule has 0 aliphatic rings. The van der Waals surface area contributed by atoms with Gasteiger partial charge in [0.1, 0.15) is 13.2 Å². The van der Waals surface area contributed by atoms with Crippen LogP contribution in [0, 0.1) is 0 Å². The number of unbranched alkanes of at least 4 members (excludes halogenated alkanes) is 20. The van der Waals surface area contributed by atoms with Gasteiger partial charge in [-0.15, -0.1) is 0 Å². The Morgan fingerprint density at radius 1 is 0.600 bits per heavy atom. The Morgan fingerprint density at radius 2 is 1.07 bits per heavy atom. The van der Waals surface area contributed by atoms with E-state index in [0.717, 1.165) is 38.0 Å². The summed E-state index contributed by atoms with van der Waals surface area (Å²) >= 11 is 0. The molecule has 0 fully saturated rings. The van der Waals surface area contributed by atoms with Crippen LogP contribution in [0.5, 0.6) is 0 Å². The predicted octanol–water partition coefficient (Wildman–Crippen LogP) is 10.1. The van der Waals surface area contributed by atoms with E-state index in [-0.39, 0.29) is 5.97 Å². The second-order valence-electron chi connectivity index (χ2n) is 11.8. The summed E-state index contributed by atoms with van der Waals surface area (Å²) in [6.07, 6.45) is 33.6. The number of rotatable bonds is 30. The molecule has 230 valence electrons. The first-order chi connectivity index (χ1) is 19.7. The number of aromatic nitrogens is 1. The first-order valence-corrected chi connectivity index (χ1v) is 17.1. The van der Waals surface area contributed by atoms with Gasteiger partial charge in [0, 0.05) is 31.6 Å². The molecule has 0 atom stereocenters. The van der Waals surface area contributed by atoms with E-state index in [2.05, 4.69) is 48.7 Å². The van der Waals surface area contributed by atoms with E-state index in [1.165, 1.54) is 122 Å². The smallest absolute Gasteiger partial charge is 0.306 e. The second-order valence-corrected chi connectivity index (χ2v) is 11.8. The zero-order valence-electron chi connectivity index (χ0n) is 26.4. The average molecular weight is 559 g/mol. The maximum absolute atomic E-state index is 12.0. The minimum absolute atomic E-state index is 0.105. The fourth-order valence-electron chi connectivity index (χ4n) is 5.12. The van der Waals surface area contributed by atoms with Gasteiger partial charge in [0.15, 0.2) is 12.4 Å². The number of carbonyl (C=O) groups excluding carboxylic acids is 1. The number of nitrogens with zero attached hydrogens (tertiary/aromatic N) is 1. The lowest BCUT2D eigenvalue weighted by molar-refractivity contribution is -0.697. The Labute approximate surface area is 248 Å². The maximum Gasteiger partial charge on any atom is 0.306 e. The summed E-state index contributed by atoms with van der Waals surface area (Å²) in [5, 5.41) is 0. The highest BCUT2D eigenvalue weighted by Crippen LogP contribution is 2.13. The molecule has 4 heteroatoms. The van der Waals surface area contributed by atoms with Gasteiger partial charge in [-0.25, -0.2) is 4.57 Å². The van der Waals surface area contributed by atoms with Gasteiger partial charge in [-0.3, -0.25) is 4.79 Å². The maximum atomic E-state index is 12.0. The van der Waals surface area contributed by atoms with Crippen LogP contribution in [0.3, 0.4) is 0 Å². The van der Waals surface area contributed by atoms with E-state index in [9.17, 15) is 4.79 Å². The lowest BCUT2D eigenvalue weighted by Gasteiger charge is -2.09. The Kier molecular flexibility index (Phi) is 26.2. The molecular formula is C36H64NO3+. The van der Waals surface area contributed by atoms with Crippen LogP contribution in [0.1, 0.15) is 155 Å². The molecule has 0 radical (unpaired) electrons. The second kappa shape index (κ2) is 28.8. The molecule has 1 aromatic heterocycles. The summed E-state index contributed by atoms with van der Waals surface area (Å²) in [7, 11) is 0. The molecule has 0 aliphatic heterocycles. The lowest BCUT2D eigenvalue weighted by Crippen LogP contribution is -2.32. The highest BCUT2D eigenvalue weighted by molar-refractivity contribution is 5.69. The molecule has 0 bridgehead atoms. The van der Waals surface area contributed by atoms with Crippen molar-refractivity contribution >= 4 is 5.97 Å². The summed E-state index contributed by atoms with van der Waals surface area (Å²) in [6, 6.07) is 6.23. The average Bonchev–Trinajstić information content (AvgIpc) is 2.97. The highest BCUT2D eigenvalue weighted by atomic mass is 16.5. The van der Waals surface area contributed by atoms with E-state index in [0.29, 0.717) is 19.6 Å². The lowest BCUT2D eigenvalue weighted by atomic mass is 10.0. The molecule has 40 heavy (non-hydrogen) atoms. The largest absolute Gasteiger partial charge is 0.461 e. The topological polar surface area (TPSA) is 39.4 Å². The number of ether oxygens (including phenoxy) is 2. The van der Waals surface area contributed by atoms with Crippen LogP contribution in [-0.2, 0) is 20.8 Å².